The van der Waals surface area contributed by atoms with Gasteiger partial charge in [0.05, 0.1) is 7.11 Å². The number of methoxy groups -OCH3 is 1. The summed E-state index contributed by atoms with van der Waals surface area (Å²) < 4.78 is 24.0. The van der Waals surface area contributed by atoms with Crippen molar-refractivity contribution in [3.8, 4) is 11.5 Å². The van der Waals surface area contributed by atoms with Crippen molar-refractivity contribution in [3.05, 3.63) is 72.1 Å². The molecule has 0 heterocycles. The molecule has 0 bridgehead atoms. The van der Waals surface area contributed by atoms with Gasteiger partial charge in [0.2, 0.25) is 0 Å². The molecule has 3 nitrogen and oxygen atoms in total. The topological polar surface area (TPSA) is 30.5 Å². The molecule has 0 aliphatic carbocycles. The van der Waals surface area contributed by atoms with E-state index < -0.39 is 0 Å². The molecule has 2 rings (SSSR count). The van der Waals surface area contributed by atoms with Gasteiger partial charge < -0.3 is 14.8 Å². The second-order valence-corrected chi connectivity index (χ2v) is 4.82. The van der Waals surface area contributed by atoms with Gasteiger partial charge in [-0.25, -0.2) is 4.39 Å². The highest BCUT2D eigenvalue weighted by Crippen LogP contribution is 2.28. The quantitative estimate of drug-likeness (QED) is 0.581. The van der Waals surface area contributed by atoms with Crippen molar-refractivity contribution in [2.75, 3.05) is 13.7 Å². The molecule has 0 aliphatic rings. The Labute approximate surface area is 142 Å². The number of rotatable bonds is 8. The smallest absolute Gasteiger partial charge is 0.161 e. The second-order valence-electron chi connectivity index (χ2n) is 4.82. The van der Waals surface area contributed by atoms with Gasteiger partial charge in [-0.15, -0.1) is 19.0 Å². The molecule has 0 saturated heterocycles. The molecule has 0 aliphatic heterocycles. The van der Waals surface area contributed by atoms with Crippen LogP contribution in [0.25, 0.3) is 0 Å². The van der Waals surface area contributed by atoms with E-state index in [0.717, 1.165) is 24.2 Å². The third-order valence-corrected chi connectivity index (χ3v) is 3.15. The lowest BCUT2D eigenvalue weighted by Gasteiger charge is -2.12. The number of halogens is 2. The minimum atomic E-state index is -0.252. The second kappa shape index (κ2) is 9.87. The molecule has 0 fully saturated rings. The van der Waals surface area contributed by atoms with Gasteiger partial charge in [-0.1, -0.05) is 24.3 Å². The third kappa shape index (κ3) is 5.93. The van der Waals surface area contributed by atoms with Gasteiger partial charge in [0.25, 0.3) is 0 Å². The van der Waals surface area contributed by atoms with Crippen molar-refractivity contribution in [1.82, 2.24) is 5.32 Å². The average molecular weight is 338 g/mol. The van der Waals surface area contributed by atoms with Crippen LogP contribution in [0.15, 0.2) is 55.1 Å². The van der Waals surface area contributed by atoms with Gasteiger partial charge in [0, 0.05) is 13.1 Å². The van der Waals surface area contributed by atoms with Gasteiger partial charge in [0.15, 0.2) is 11.5 Å². The fourth-order valence-corrected chi connectivity index (χ4v) is 2.00. The highest BCUT2D eigenvalue weighted by molar-refractivity contribution is 5.85. The standard InChI is InChI=1S/C18H20FNO2.ClH/c1-3-10-20-12-15-6-9-17(18(11-15)21-2)22-13-14-4-7-16(19)8-5-14;/h3-9,11,20H,1,10,12-13H2,2H3;1H. The minimum Gasteiger partial charge on any atom is -0.493 e. The molecule has 0 spiro atoms. The van der Waals surface area contributed by atoms with Crippen LogP contribution in [0.1, 0.15) is 11.1 Å². The first-order chi connectivity index (χ1) is 10.7. The lowest BCUT2D eigenvalue weighted by atomic mass is 10.2. The third-order valence-electron chi connectivity index (χ3n) is 3.15. The predicted octanol–water partition coefficient (Wildman–Crippen LogP) is 4.11. The molecule has 1 N–H and O–H groups in total. The minimum absolute atomic E-state index is 0. The number of benzene rings is 2. The molecule has 0 amide bonds. The van der Waals surface area contributed by atoms with Crippen LogP contribution >= 0.6 is 12.4 Å². The Morgan fingerprint density at radius 3 is 2.43 bits per heavy atom. The summed E-state index contributed by atoms with van der Waals surface area (Å²) in [5, 5.41) is 3.24. The lowest BCUT2D eigenvalue weighted by molar-refractivity contribution is 0.284. The molecule has 0 saturated carbocycles. The SMILES string of the molecule is C=CCNCc1ccc(OCc2ccc(F)cc2)c(OC)c1.Cl. The monoisotopic (exact) mass is 337 g/mol. The largest absolute Gasteiger partial charge is 0.493 e. The Bertz CT molecular complexity index is 617. The Kier molecular flexibility index (Phi) is 8.16. The summed E-state index contributed by atoms with van der Waals surface area (Å²) in [4.78, 5) is 0. The fourth-order valence-electron chi connectivity index (χ4n) is 2.00. The van der Waals surface area contributed by atoms with Crippen molar-refractivity contribution in [1.29, 1.82) is 0 Å². The number of hydrogen-bond acceptors (Lipinski definition) is 3. The van der Waals surface area contributed by atoms with Crippen LogP contribution in [0.5, 0.6) is 11.5 Å². The average Bonchev–Trinajstić information content (AvgIpc) is 2.55. The number of ether oxygens (including phenoxy) is 2. The molecule has 5 heteroatoms. The molecule has 0 aromatic heterocycles. The molecular weight excluding hydrogens is 317 g/mol. The van der Waals surface area contributed by atoms with Crippen molar-refractivity contribution in [2.24, 2.45) is 0 Å². The molecule has 0 atom stereocenters. The summed E-state index contributed by atoms with van der Waals surface area (Å²) in [6.07, 6.45) is 1.82. The molecular formula is C18H21ClFNO2. The predicted molar refractivity (Wildman–Crippen MR) is 92.9 cm³/mol. The summed E-state index contributed by atoms with van der Waals surface area (Å²) in [5.41, 5.74) is 2.01. The van der Waals surface area contributed by atoms with E-state index in [4.69, 9.17) is 9.47 Å². The fraction of sp³-hybridized carbons (Fsp3) is 0.222. The van der Waals surface area contributed by atoms with Crippen molar-refractivity contribution >= 4 is 12.4 Å². The van der Waals surface area contributed by atoms with E-state index >= 15 is 0 Å². The summed E-state index contributed by atoms with van der Waals surface area (Å²) in [7, 11) is 1.61. The van der Waals surface area contributed by atoms with E-state index in [0.29, 0.717) is 18.1 Å². The summed E-state index contributed by atoms with van der Waals surface area (Å²) in [5.74, 6) is 1.09. The van der Waals surface area contributed by atoms with E-state index in [2.05, 4.69) is 11.9 Å². The zero-order valence-corrected chi connectivity index (χ0v) is 13.9. The Morgan fingerprint density at radius 2 is 1.78 bits per heavy atom. The van der Waals surface area contributed by atoms with Gasteiger partial charge in [-0.2, -0.15) is 0 Å². The molecule has 124 valence electrons. The Balaban J connectivity index is 0.00000264. The zero-order chi connectivity index (χ0) is 15.8. The highest BCUT2D eigenvalue weighted by atomic mass is 35.5. The van der Waals surface area contributed by atoms with Crippen molar-refractivity contribution < 1.29 is 13.9 Å². The van der Waals surface area contributed by atoms with Crippen molar-refractivity contribution in [2.45, 2.75) is 13.2 Å². The summed E-state index contributed by atoms with van der Waals surface area (Å²) in [6, 6.07) is 12.1. The van der Waals surface area contributed by atoms with Crippen molar-refractivity contribution in [3.63, 3.8) is 0 Å². The molecule has 2 aromatic rings. The summed E-state index contributed by atoms with van der Waals surface area (Å²) >= 11 is 0. The van der Waals surface area contributed by atoms with Crippen LogP contribution in [0, 0.1) is 5.82 Å². The maximum Gasteiger partial charge on any atom is 0.161 e. The van der Waals surface area contributed by atoms with E-state index in [1.165, 1.54) is 12.1 Å². The first-order valence-corrected chi connectivity index (χ1v) is 7.08. The van der Waals surface area contributed by atoms with Gasteiger partial charge in [0.1, 0.15) is 12.4 Å². The highest BCUT2D eigenvalue weighted by Gasteiger charge is 2.06. The first kappa shape index (κ1) is 19.0. The van der Waals surface area contributed by atoms with Gasteiger partial charge in [-0.05, 0) is 35.4 Å². The van der Waals surface area contributed by atoms with E-state index in [9.17, 15) is 4.39 Å². The summed E-state index contributed by atoms with van der Waals surface area (Å²) in [6.45, 7) is 5.53. The van der Waals surface area contributed by atoms with Gasteiger partial charge >= 0.3 is 0 Å². The van der Waals surface area contributed by atoms with E-state index in [1.807, 2.05) is 24.3 Å². The van der Waals surface area contributed by atoms with Crippen LogP contribution in [-0.4, -0.2) is 13.7 Å². The maximum atomic E-state index is 12.9. The molecule has 0 unspecified atom stereocenters. The van der Waals surface area contributed by atoms with Gasteiger partial charge in [-0.3, -0.25) is 0 Å². The normalized spacial score (nSPS) is 9.83. The van der Waals surface area contributed by atoms with Crippen LogP contribution < -0.4 is 14.8 Å². The number of nitrogens with one attached hydrogen (secondary N) is 1. The van der Waals surface area contributed by atoms with Crippen LogP contribution in [0.3, 0.4) is 0 Å². The molecule has 2 aromatic carbocycles. The van der Waals surface area contributed by atoms with E-state index in [1.54, 1.807) is 19.2 Å². The zero-order valence-electron chi connectivity index (χ0n) is 13.0. The van der Waals surface area contributed by atoms with Crippen LogP contribution in [0.4, 0.5) is 4.39 Å². The Hall–Kier alpha value is -2.04. The Morgan fingerprint density at radius 1 is 1.09 bits per heavy atom. The molecule has 23 heavy (non-hydrogen) atoms. The van der Waals surface area contributed by atoms with E-state index in [-0.39, 0.29) is 18.2 Å². The lowest BCUT2D eigenvalue weighted by Crippen LogP contribution is -2.12. The number of hydrogen-bond donors (Lipinski definition) is 1. The van der Waals surface area contributed by atoms with Crippen LogP contribution in [-0.2, 0) is 13.2 Å². The molecule has 0 radical (unpaired) electrons. The maximum absolute atomic E-state index is 12.9. The first-order valence-electron chi connectivity index (χ1n) is 7.08. The van der Waals surface area contributed by atoms with Crippen LogP contribution in [0.2, 0.25) is 0 Å².